The summed E-state index contributed by atoms with van der Waals surface area (Å²) in [6.45, 7) is 4.63. The predicted octanol–water partition coefficient (Wildman–Crippen LogP) is 2.38. The van der Waals surface area contributed by atoms with Gasteiger partial charge in [-0.1, -0.05) is 29.8 Å². The van der Waals surface area contributed by atoms with Crippen molar-refractivity contribution >= 4 is 21.6 Å². The van der Waals surface area contributed by atoms with Gasteiger partial charge in [0.05, 0.1) is 4.90 Å². The minimum absolute atomic E-state index is 0.153. The number of halogens is 1. The lowest BCUT2D eigenvalue weighted by molar-refractivity contribution is 0.113. The molecule has 0 aromatic heterocycles. The van der Waals surface area contributed by atoms with Gasteiger partial charge < -0.3 is 14.4 Å². The normalized spacial score (nSPS) is 18.9. The Morgan fingerprint density at radius 3 is 2.47 bits per heavy atom. The van der Waals surface area contributed by atoms with Crippen LogP contribution in [0.15, 0.2) is 47.4 Å². The van der Waals surface area contributed by atoms with E-state index in [0.717, 1.165) is 31.7 Å². The van der Waals surface area contributed by atoms with Crippen molar-refractivity contribution in [3.05, 3.63) is 53.1 Å². The van der Waals surface area contributed by atoms with Crippen LogP contribution in [0, 0.1) is 0 Å². The summed E-state index contributed by atoms with van der Waals surface area (Å²) in [5, 5.41) is 0.639. The van der Waals surface area contributed by atoms with Crippen molar-refractivity contribution in [2.75, 3.05) is 53.0 Å². The SMILES string of the molecule is CN1CCN([C@H](CNS(=O)(=O)c2ccc3c(c2)OCCO3)c2ccccc2Cl)CC1. The maximum absolute atomic E-state index is 13.0. The van der Waals surface area contributed by atoms with E-state index < -0.39 is 10.0 Å². The average molecular weight is 452 g/mol. The molecule has 0 bridgehead atoms. The van der Waals surface area contributed by atoms with E-state index in [-0.39, 0.29) is 17.5 Å². The Hall–Kier alpha value is -1.84. The first kappa shape index (κ1) is 21.4. The zero-order valence-electron chi connectivity index (χ0n) is 16.9. The van der Waals surface area contributed by atoms with Crippen LogP contribution < -0.4 is 14.2 Å². The zero-order valence-corrected chi connectivity index (χ0v) is 18.5. The average Bonchev–Trinajstić information content (AvgIpc) is 2.76. The van der Waals surface area contributed by atoms with Gasteiger partial charge in [-0.2, -0.15) is 0 Å². The molecule has 2 heterocycles. The highest BCUT2D eigenvalue weighted by molar-refractivity contribution is 7.89. The lowest BCUT2D eigenvalue weighted by Gasteiger charge is -2.38. The molecule has 2 aliphatic rings. The Balaban J connectivity index is 1.55. The summed E-state index contributed by atoms with van der Waals surface area (Å²) in [6.07, 6.45) is 0. The molecule has 30 heavy (non-hydrogen) atoms. The quantitative estimate of drug-likeness (QED) is 0.727. The van der Waals surface area contributed by atoms with Gasteiger partial charge >= 0.3 is 0 Å². The van der Waals surface area contributed by atoms with E-state index in [1.165, 1.54) is 12.1 Å². The third-order valence-corrected chi connectivity index (χ3v) is 7.30. The number of sulfonamides is 1. The van der Waals surface area contributed by atoms with E-state index in [1.54, 1.807) is 6.07 Å². The van der Waals surface area contributed by atoms with Gasteiger partial charge in [0.2, 0.25) is 10.0 Å². The number of nitrogens with one attached hydrogen (secondary N) is 1. The van der Waals surface area contributed by atoms with Crippen LogP contribution in [-0.2, 0) is 10.0 Å². The highest BCUT2D eigenvalue weighted by Crippen LogP contribution is 2.33. The van der Waals surface area contributed by atoms with E-state index in [9.17, 15) is 8.42 Å². The highest BCUT2D eigenvalue weighted by Gasteiger charge is 2.28. The van der Waals surface area contributed by atoms with Crippen LogP contribution in [-0.4, -0.2) is 71.2 Å². The zero-order chi connectivity index (χ0) is 21.1. The monoisotopic (exact) mass is 451 g/mol. The van der Waals surface area contributed by atoms with Crippen LogP contribution >= 0.6 is 11.6 Å². The van der Waals surface area contributed by atoms with Crippen LogP contribution in [0.3, 0.4) is 0 Å². The van der Waals surface area contributed by atoms with Crippen LogP contribution in [0.25, 0.3) is 0 Å². The van der Waals surface area contributed by atoms with Crippen molar-refractivity contribution in [2.45, 2.75) is 10.9 Å². The molecule has 0 aliphatic carbocycles. The van der Waals surface area contributed by atoms with Gasteiger partial charge in [0.15, 0.2) is 11.5 Å². The lowest BCUT2D eigenvalue weighted by Crippen LogP contribution is -2.48. The number of hydrogen-bond acceptors (Lipinski definition) is 6. The molecule has 2 aromatic rings. The maximum atomic E-state index is 13.0. The van der Waals surface area contributed by atoms with Crippen LogP contribution in [0.2, 0.25) is 5.02 Å². The fraction of sp³-hybridized carbons (Fsp3) is 0.429. The molecule has 4 rings (SSSR count). The number of rotatable bonds is 6. The molecule has 0 unspecified atom stereocenters. The standard InChI is InChI=1S/C21H26ClN3O4S/c1-24-8-10-25(11-9-24)19(17-4-2-3-5-18(17)22)15-23-30(26,27)16-6-7-20-21(14-16)29-13-12-28-20/h2-7,14,19,23H,8-13,15H2,1H3/t19-/m1/s1. The summed E-state index contributed by atoms with van der Waals surface area (Å²) in [7, 11) is -1.64. The number of likely N-dealkylation sites (N-methyl/N-ethyl adjacent to an activating group) is 1. The van der Waals surface area contributed by atoms with Gasteiger partial charge in [0, 0.05) is 49.9 Å². The third-order valence-electron chi connectivity index (χ3n) is 5.53. The third kappa shape index (κ3) is 4.73. The summed E-state index contributed by atoms with van der Waals surface area (Å²) in [5.41, 5.74) is 0.925. The molecular formula is C21H26ClN3O4S. The number of fused-ring (bicyclic) bond motifs is 1. The van der Waals surface area contributed by atoms with Gasteiger partial charge in [-0.25, -0.2) is 13.1 Å². The fourth-order valence-electron chi connectivity index (χ4n) is 3.78. The Morgan fingerprint density at radius 1 is 1.03 bits per heavy atom. The van der Waals surface area contributed by atoms with Crippen LogP contribution in [0.4, 0.5) is 0 Å². The van der Waals surface area contributed by atoms with Gasteiger partial charge in [-0.15, -0.1) is 0 Å². The number of ether oxygens (including phenoxy) is 2. The summed E-state index contributed by atoms with van der Waals surface area (Å²) in [5.74, 6) is 1.01. The van der Waals surface area contributed by atoms with Crippen molar-refractivity contribution in [1.82, 2.24) is 14.5 Å². The molecule has 0 amide bonds. The molecule has 2 aromatic carbocycles. The Labute approximate surface area is 182 Å². The number of nitrogens with zero attached hydrogens (tertiary/aromatic N) is 2. The van der Waals surface area contributed by atoms with Crippen LogP contribution in [0.1, 0.15) is 11.6 Å². The van der Waals surface area contributed by atoms with Crippen molar-refractivity contribution in [3.63, 3.8) is 0 Å². The minimum atomic E-state index is -3.72. The Morgan fingerprint density at radius 2 is 1.73 bits per heavy atom. The Kier molecular flexibility index (Phi) is 6.50. The molecule has 2 aliphatic heterocycles. The topological polar surface area (TPSA) is 71.1 Å². The minimum Gasteiger partial charge on any atom is -0.486 e. The molecule has 162 valence electrons. The largest absolute Gasteiger partial charge is 0.486 e. The van der Waals surface area contributed by atoms with Gasteiger partial charge in [0.1, 0.15) is 13.2 Å². The number of piperazine rings is 1. The fourth-order valence-corrected chi connectivity index (χ4v) is 5.09. The first-order valence-electron chi connectivity index (χ1n) is 10.0. The van der Waals surface area contributed by atoms with E-state index in [4.69, 9.17) is 21.1 Å². The second-order valence-electron chi connectivity index (χ2n) is 7.53. The Bertz CT molecular complexity index is 993. The molecule has 7 nitrogen and oxygen atoms in total. The van der Waals surface area contributed by atoms with Crippen molar-refractivity contribution in [2.24, 2.45) is 0 Å². The first-order chi connectivity index (χ1) is 14.4. The molecule has 1 fully saturated rings. The smallest absolute Gasteiger partial charge is 0.240 e. The molecule has 1 saturated heterocycles. The highest BCUT2D eigenvalue weighted by atomic mass is 35.5. The number of hydrogen-bond donors (Lipinski definition) is 1. The van der Waals surface area contributed by atoms with Gasteiger partial charge in [0.25, 0.3) is 0 Å². The van der Waals surface area contributed by atoms with E-state index in [1.807, 2.05) is 24.3 Å². The lowest BCUT2D eigenvalue weighted by atomic mass is 10.0. The van der Waals surface area contributed by atoms with E-state index in [0.29, 0.717) is 29.7 Å². The van der Waals surface area contributed by atoms with Crippen LogP contribution in [0.5, 0.6) is 11.5 Å². The molecule has 0 spiro atoms. The maximum Gasteiger partial charge on any atom is 0.240 e. The molecule has 9 heteroatoms. The summed E-state index contributed by atoms with van der Waals surface area (Å²) in [4.78, 5) is 4.70. The van der Waals surface area contributed by atoms with E-state index in [2.05, 4.69) is 21.6 Å². The molecular weight excluding hydrogens is 426 g/mol. The number of benzene rings is 2. The van der Waals surface area contributed by atoms with Gasteiger partial charge in [-0.05, 0) is 30.8 Å². The predicted molar refractivity (Wildman–Crippen MR) is 116 cm³/mol. The first-order valence-corrected chi connectivity index (χ1v) is 11.9. The van der Waals surface area contributed by atoms with E-state index >= 15 is 0 Å². The molecule has 0 radical (unpaired) electrons. The summed E-state index contributed by atoms with van der Waals surface area (Å²) < 4.78 is 39.8. The van der Waals surface area contributed by atoms with Gasteiger partial charge in [-0.3, -0.25) is 4.90 Å². The van der Waals surface area contributed by atoms with Crippen molar-refractivity contribution in [3.8, 4) is 11.5 Å². The summed E-state index contributed by atoms with van der Waals surface area (Å²) >= 11 is 6.47. The summed E-state index contributed by atoms with van der Waals surface area (Å²) in [6, 6.07) is 12.1. The molecule has 0 saturated carbocycles. The van der Waals surface area contributed by atoms with Crippen molar-refractivity contribution < 1.29 is 17.9 Å². The van der Waals surface area contributed by atoms with Crippen molar-refractivity contribution in [1.29, 1.82) is 0 Å². The molecule has 1 N–H and O–H groups in total. The second-order valence-corrected chi connectivity index (χ2v) is 9.71. The second kappa shape index (κ2) is 9.11. The molecule has 1 atom stereocenters.